The van der Waals surface area contributed by atoms with E-state index in [1.54, 1.807) is 6.07 Å². The molecule has 17 heavy (non-hydrogen) atoms. The quantitative estimate of drug-likeness (QED) is 0.785. The molecule has 0 bridgehead atoms. The number of benzene rings is 1. The lowest BCUT2D eigenvalue weighted by Crippen LogP contribution is -2.15. The van der Waals surface area contributed by atoms with Crippen molar-refractivity contribution in [2.75, 3.05) is 6.54 Å². The number of rotatable bonds is 5. The van der Waals surface area contributed by atoms with Crippen LogP contribution in [0.2, 0.25) is 5.02 Å². The highest BCUT2D eigenvalue weighted by Gasteiger charge is 2.33. The van der Waals surface area contributed by atoms with Crippen molar-refractivity contribution >= 4 is 11.6 Å². The van der Waals surface area contributed by atoms with Gasteiger partial charge in [-0.05, 0) is 30.7 Å². The van der Waals surface area contributed by atoms with Crippen LogP contribution in [0.15, 0.2) is 18.2 Å². The maximum Gasteiger partial charge on any atom is 0.417 e. The van der Waals surface area contributed by atoms with Crippen molar-refractivity contribution in [3.63, 3.8) is 0 Å². The molecule has 1 N–H and O–H groups in total. The number of nitrogens with one attached hydrogen (secondary N) is 1. The van der Waals surface area contributed by atoms with Crippen molar-refractivity contribution in [1.29, 1.82) is 0 Å². The van der Waals surface area contributed by atoms with Crippen molar-refractivity contribution in [3.8, 4) is 0 Å². The van der Waals surface area contributed by atoms with Gasteiger partial charge in [0.1, 0.15) is 0 Å². The van der Waals surface area contributed by atoms with Gasteiger partial charge in [0, 0.05) is 6.54 Å². The van der Waals surface area contributed by atoms with E-state index in [1.807, 2.05) is 0 Å². The Hall–Kier alpha value is -0.740. The second-order valence-electron chi connectivity index (χ2n) is 3.84. The van der Waals surface area contributed by atoms with Crippen molar-refractivity contribution in [1.82, 2.24) is 5.32 Å². The van der Waals surface area contributed by atoms with Crippen LogP contribution in [0.3, 0.4) is 0 Å². The van der Waals surface area contributed by atoms with Gasteiger partial charge in [-0.15, -0.1) is 0 Å². The highest BCUT2D eigenvalue weighted by molar-refractivity contribution is 6.31. The summed E-state index contributed by atoms with van der Waals surface area (Å²) >= 11 is 5.52. The molecule has 96 valence electrons. The molecule has 0 atom stereocenters. The predicted octanol–water partition coefficient (Wildman–Crippen LogP) is 4.25. The monoisotopic (exact) mass is 265 g/mol. The zero-order valence-electron chi connectivity index (χ0n) is 9.57. The first kappa shape index (κ1) is 14.3. The highest BCUT2D eigenvalue weighted by Crippen LogP contribution is 2.35. The average molecular weight is 266 g/mol. The Kier molecular flexibility index (Phi) is 5.28. The molecule has 0 aromatic heterocycles. The van der Waals surface area contributed by atoms with Crippen LogP contribution in [0.4, 0.5) is 13.2 Å². The third kappa shape index (κ3) is 4.56. The number of hydrogen-bond donors (Lipinski definition) is 1. The van der Waals surface area contributed by atoms with Crippen molar-refractivity contribution in [3.05, 3.63) is 34.3 Å². The minimum absolute atomic E-state index is 0.255. The van der Waals surface area contributed by atoms with Crippen LogP contribution in [0.5, 0.6) is 0 Å². The fourth-order valence-corrected chi connectivity index (χ4v) is 1.66. The molecule has 1 aromatic carbocycles. The maximum absolute atomic E-state index is 12.6. The smallest absolute Gasteiger partial charge is 0.313 e. The van der Waals surface area contributed by atoms with Crippen LogP contribution < -0.4 is 5.32 Å². The molecule has 0 heterocycles. The standard InChI is InChI=1S/C12H15ClF3N/c1-2-3-6-17-8-9-4-5-11(13)10(7-9)12(14,15)16/h4-5,7,17H,2-3,6,8H2,1H3. The normalized spacial score (nSPS) is 11.8. The summed E-state index contributed by atoms with van der Waals surface area (Å²) < 4.78 is 37.7. The summed E-state index contributed by atoms with van der Waals surface area (Å²) in [6, 6.07) is 4.00. The second-order valence-corrected chi connectivity index (χ2v) is 4.25. The van der Waals surface area contributed by atoms with Crippen molar-refractivity contribution < 1.29 is 13.2 Å². The number of unbranched alkanes of at least 4 members (excludes halogenated alkanes) is 1. The zero-order chi connectivity index (χ0) is 12.9. The molecule has 0 saturated heterocycles. The summed E-state index contributed by atoms with van der Waals surface area (Å²) in [6.07, 6.45) is -2.32. The van der Waals surface area contributed by atoms with Gasteiger partial charge in [0.2, 0.25) is 0 Å². The van der Waals surface area contributed by atoms with Crippen LogP contribution in [0, 0.1) is 0 Å². The zero-order valence-corrected chi connectivity index (χ0v) is 10.3. The lowest BCUT2D eigenvalue weighted by molar-refractivity contribution is -0.137. The lowest BCUT2D eigenvalue weighted by atomic mass is 10.1. The first-order chi connectivity index (χ1) is 7.95. The van der Waals surface area contributed by atoms with Crippen LogP contribution >= 0.6 is 11.6 Å². The first-order valence-corrected chi connectivity index (χ1v) is 5.89. The SMILES string of the molecule is CCCCNCc1ccc(Cl)c(C(F)(F)F)c1. The summed E-state index contributed by atoms with van der Waals surface area (Å²) in [7, 11) is 0. The van der Waals surface area contributed by atoms with E-state index >= 15 is 0 Å². The lowest BCUT2D eigenvalue weighted by Gasteiger charge is -2.11. The predicted molar refractivity (Wildman–Crippen MR) is 63.1 cm³/mol. The topological polar surface area (TPSA) is 12.0 Å². The Balaban J connectivity index is 2.69. The molecule has 1 aromatic rings. The Labute approximate surface area is 104 Å². The minimum atomic E-state index is -4.39. The highest BCUT2D eigenvalue weighted by atomic mass is 35.5. The van der Waals surface area contributed by atoms with E-state index < -0.39 is 11.7 Å². The van der Waals surface area contributed by atoms with E-state index in [0.29, 0.717) is 12.1 Å². The van der Waals surface area contributed by atoms with Gasteiger partial charge in [-0.25, -0.2) is 0 Å². The van der Waals surface area contributed by atoms with Gasteiger partial charge in [0.25, 0.3) is 0 Å². The number of alkyl halides is 3. The van der Waals surface area contributed by atoms with Crippen LogP contribution in [-0.2, 0) is 12.7 Å². The number of halogens is 4. The first-order valence-electron chi connectivity index (χ1n) is 5.51. The summed E-state index contributed by atoms with van der Waals surface area (Å²) in [4.78, 5) is 0. The van der Waals surface area contributed by atoms with Gasteiger partial charge in [-0.3, -0.25) is 0 Å². The van der Waals surface area contributed by atoms with Crippen LogP contribution in [0.25, 0.3) is 0 Å². The maximum atomic E-state index is 12.6. The summed E-state index contributed by atoms with van der Waals surface area (Å²) in [5.41, 5.74) is -0.174. The van der Waals surface area contributed by atoms with Crippen molar-refractivity contribution in [2.24, 2.45) is 0 Å². The minimum Gasteiger partial charge on any atom is -0.313 e. The molecule has 0 aliphatic heterocycles. The van der Waals surface area contributed by atoms with Gasteiger partial charge in [0.05, 0.1) is 10.6 Å². The molecule has 0 fully saturated rings. The molecule has 0 spiro atoms. The van der Waals surface area contributed by atoms with E-state index in [2.05, 4.69) is 12.2 Å². The molecule has 5 heteroatoms. The van der Waals surface area contributed by atoms with Crippen molar-refractivity contribution in [2.45, 2.75) is 32.5 Å². The molecule has 0 aliphatic carbocycles. The van der Waals surface area contributed by atoms with Gasteiger partial charge >= 0.3 is 6.18 Å². The molecular formula is C12H15ClF3N. The van der Waals surface area contributed by atoms with Gasteiger partial charge in [-0.1, -0.05) is 31.0 Å². The summed E-state index contributed by atoms with van der Waals surface area (Å²) in [5, 5.41) is 2.84. The van der Waals surface area contributed by atoms with Crippen LogP contribution in [0.1, 0.15) is 30.9 Å². The average Bonchev–Trinajstić information content (AvgIpc) is 2.25. The Morgan fingerprint density at radius 2 is 2.00 bits per heavy atom. The van der Waals surface area contributed by atoms with Gasteiger partial charge in [-0.2, -0.15) is 13.2 Å². The molecule has 1 nitrogen and oxygen atoms in total. The van der Waals surface area contributed by atoms with Gasteiger partial charge < -0.3 is 5.32 Å². The molecular weight excluding hydrogens is 251 g/mol. The summed E-state index contributed by atoms with van der Waals surface area (Å²) in [5.74, 6) is 0. The Morgan fingerprint density at radius 1 is 1.29 bits per heavy atom. The van der Waals surface area contributed by atoms with Crippen LogP contribution in [-0.4, -0.2) is 6.54 Å². The molecule has 1 rings (SSSR count). The molecule has 0 saturated carbocycles. The van der Waals surface area contributed by atoms with E-state index in [-0.39, 0.29) is 5.02 Å². The van der Waals surface area contributed by atoms with Gasteiger partial charge in [0.15, 0.2) is 0 Å². The Bertz CT molecular complexity index is 363. The largest absolute Gasteiger partial charge is 0.417 e. The Morgan fingerprint density at radius 3 is 2.59 bits per heavy atom. The molecule has 0 radical (unpaired) electrons. The third-order valence-corrected chi connectivity index (χ3v) is 2.70. The molecule has 0 amide bonds. The van der Waals surface area contributed by atoms with E-state index in [9.17, 15) is 13.2 Å². The summed E-state index contributed by atoms with van der Waals surface area (Å²) in [6.45, 7) is 3.30. The third-order valence-electron chi connectivity index (χ3n) is 2.37. The fraction of sp³-hybridized carbons (Fsp3) is 0.500. The number of hydrogen-bond acceptors (Lipinski definition) is 1. The fourth-order valence-electron chi connectivity index (χ4n) is 1.43. The second kappa shape index (κ2) is 6.26. The van der Waals surface area contributed by atoms with E-state index in [1.165, 1.54) is 6.07 Å². The molecule has 0 aliphatic rings. The van der Waals surface area contributed by atoms with E-state index in [0.717, 1.165) is 25.5 Å². The van der Waals surface area contributed by atoms with E-state index in [4.69, 9.17) is 11.6 Å². The molecule has 0 unspecified atom stereocenters.